The van der Waals surface area contributed by atoms with Gasteiger partial charge in [-0.3, -0.25) is 0 Å². The van der Waals surface area contributed by atoms with E-state index in [1.807, 2.05) is 0 Å². The molecule has 0 fully saturated rings. The molecule has 1 atom stereocenters. The van der Waals surface area contributed by atoms with Gasteiger partial charge < -0.3 is 9.88 Å². The van der Waals surface area contributed by atoms with Crippen LogP contribution in [0.15, 0.2) is 42.7 Å². The van der Waals surface area contributed by atoms with E-state index in [1.54, 1.807) is 0 Å². The average molecular weight is 284 g/mol. The van der Waals surface area contributed by atoms with E-state index in [-0.39, 0.29) is 0 Å². The lowest BCUT2D eigenvalue weighted by molar-refractivity contribution is 0.493. The number of aromatic nitrogens is 1. The van der Waals surface area contributed by atoms with E-state index >= 15 is 0 Å². The summed E-state index contributed by atoms with van der Waals surface area (Å²) in [7, 11) is 0. The summed E-state index contributed by atoms with van der Waals surface area (Å²) >= 11 is 0. The highest BCUT2D eigenvalue weighted by atomic mass is 15.0. The van der Waals surface area contributed by atoms with Gasteiger partial charge in [-0.2, -0.15) is 0 Å². The van der Waals surface area contributed by atoms with E-state index in [0.717, 1.165) is 13.1 Å². The first kappa shape index (κ1) is 15.8. The Hall–Kier alpha value is -1.54. The molecule has 2 heteroatoms. The first-order valence-electron chi connectivity index (χ1n) is 8.17. The number of nitrogens with zero attached hydrogens (tertiary/aromatic N) is 1. The van der Waals surface area contributed by atoms with Crippen LogP contribution >= 0.6 is 0 Å². The van der Waals surface area contributed by atoms with Gasteiger partial charge in [0.1, 0.15) is 0 Å². The third-order valence-corrected chi connectivity index (χ3v) is 3.84. The van der Waals surface area contributed by atoms with Gasteiger partial charge in [0.15, 0.2) is 0 Å². The quantitative estimate of drug-likeness (QED) is 0.744. The molecule has 0 saturated heterocycles. The van der Waals surface area contributed by atoms with E-state index in [2.05, 4.69) is 73.4 Å². The maximum atomic E-state index is 3.66. The molecule has 2 nitrogen and oxygen atoms in total. The molecule has 0 amide bonds. The highest BCUT2D eigenvalue weighted by molar-refractivity contribution is 5.23. The van der Waals surface area contributed by atoms with E-state index in [4.69, 9.17) is 0 Å². The first-order valence-corrected chi connectivity index (χ1v) is 8.17. The van der Waals surface area contributed by atoms with Crippen molar-refractivity contribution in [1.82, 2.24) is 9.88 Å². The lowest BCUT2D eigenvalue weighted by Gasteiger charge is -2.16. The van der Waals surface area contributed by atoms with Crippen molar-refractivity contribution in [3.8, 4) is 0 Å². The highest BCUT2D eigenvalue weighted by Crippen LogP contribution is 2.19. The molecule has 1 aromatic carbocycles. The number of aryl methyl sites for hydroxylation is 1. The summed E-state index contributed by atoms with van der Waals surface area (Å²) in [5, 5.41) is 3.66. The third kappa shape index (κ3) is 4.75. The molecule has 0 aliphatic carbocycles. The smallest absolute Gasteiger partial charge is 0.0470 e. The molecule has 2 aromatic rings. The molecule has 21 heavy (non-hydrogen) atoms. The molecule has 0 spiro atoms. The van der Waals surface area contributed by atoms with Crippen molar-refractivity contribution in [1.29, 1.82) is 0 Å². The molecule has 0 radical (unpaired) electrons. The van der Waals surface area contributed by atoms with Gasteiger partial charge in [0, 0.05) is 25.0 Å². The lowest BCUT2D eigenvalue weighted by Crippen LogP contribution is -2.21. The molecule has 1 heterocycles. The standard InChI is InChI=1S/C19H28N2/c1-4-7-19(20-11-5-2)18-10-12-21(15-18)14-17-9-6-8-16(3)13-17/h6,8-10,12-13,15,19-20H,4-5,7,11,14H2,1-3H3. The summed E-state index contributed by atoms with van der Waals surface area (Å²) in [5.41, 5.74) is 4.11. The molecule has 114 valence electrons. The average Bonchev–Trinajstić information content (AvgIpc) is 2.92. The van der Waals surface area contributed by atoms with Gasteiger partial charge in [0.25, 0.3) is 0 Å². The van der Waals surface area contributed by atoms with Gasteiger partial charge in [0.2, 0.25) is 0 Å². The number of nitrogens with one attached hydrogen (secondary N) is 1. The Morgan fingerprint density at radius 3 is 2.71 bits per heavy atom. The van der Waals surface area contributed by atoms with Crippen LogP contribution in [0.1, 0.15) is 55.8 Å². The monoisotopic (exact) mass is 284 g/mol. The van der Waals surface area contributed by atoms with Crippen LogP contribution in [0, 0.1) is 6.92 Å². The number of rotatable bonds is 8. The van der Waals surface area contributed by atoms with Gasteiger partial charge in [0.05, 0.1) is 0 Å². The van der Waals surface area contributed by atoms with Gasteiger partial charge >= 0.3 is 0 Å². The molecule has 2 rings (SSSR count). The van der Waals surface area contributed by atoms with Crippen molar-refractivity contribution in [3.05, 3.63) is 59.4 Å². The minimum atomic E-state index is 0.494. The molecule has 0 bridgehead atoms. The summed E-state index contributed by atoms with van der Waals surface area (Å²) in [6, 6.07) is 11.5. The summed E-state index contributed by atoms with van der Waals surface area (Å²) in [6.07, 6.45) is 8.10. The SMILES string of the molecule is CCCNC(CCC)c1ccn(Cc2cccc(C)c2)c1. The maximum absolute atomic E-state index is 3.66. The topological polar surface area (TPSA) is 17.0 Å². The Morgan fingerprint density at radius 2 is 2.00 bits per heavy atom. The summed E-state index contributed by atoms with van der Waals surface area (Å²) in [5.74, 6) is 0. The van der Waals surface area contributed by atoms with Crippen LogP contribution in [-0.2, 0) is 6.54 Å². The second-order valence-corrected chi connectivity index (χ2v) is 5.90. The fourth-order valence-corrected chi connectivity index (χ4v) is 2.78. The largest absolute Gasteiger partial charge is 0.350 e. The molecule has 0 aliphatic rings. The fraction of sp³-hybridized carbons (Fsp3) is 0.474. The van der Waals surface area contributed by atoms with Crippen LogP contribution in [0.3, 0.4) is 0 Å². The van der Waals surface area contributed by atoms with E-state index in [9.17, 15) is 0 Å². The molecule has 1 unspecified atom stereocenters. The van der Waals surface area contributed by atoms with Crippen LogP contribution in [0.25, 0.3) is 0 Å². The van der Waals surface area contributed by atoms with Crippen molar-refractivity contribution in [2.24, 2.45) is 0 Å². The molecule has 0 saturated carbocycles. The zero-order valence-corrected chi connectivity index (χ0v) is 13.6. The van der Waals surface area contributed by atoms with E-state index in [1.165, 1.54) is 36.0 Å². The Balaban J connectivity index is 2.05. The van der Waals surface area contributed by atoms with Crippen molar-refractivity contribution in [3.63, 3.8) is 0 Å². The molecule has 1 N–H and O–H groups in total. The summed E-state index contributed by atoms with van der Waals surface area (Å²) in [6.45, 7) is 8.67. The van der Waals surface area contributed by atoms with E-state index in [0.29, 0.717) is 6.04 Å². The second kappa shape index (κ2) is 8.04. The molecular formula is C19H28N2. The molecule has 0 aliphatic heterocycles. The van der Waals surface area contributed by atoms with Crippen molar-refractivity contribution in [2.75, 3.05) is 6.54 Å². The van der Waals surface area contributed by atoms with Gasteiger partial charge in [-0.15, -0.1) is 0 Å². The van der Waals surface area contributed by atoms with Crippen molar-refractivity contribution in [2.45, 2.75) is 52.6 Å². The first-order chi connectivity index (χ1) is 10.2. The second-order valence-electron chi connectivity index (χ2n) is 5.90. The summed E-state index contributed by atoms with van der Waals surface area (Å²) in [4.78, 5) is 0. The molecule has 1 aromatic heterocycles. The third-order valence-electron chi connectivity index (χ3n) is 3.84. The minimum Gasteiger partial charge on any atom is -0.350 e. The normalized spacial score (nSPS) is 12.5. The maximum Gasteiger partial charge on any atom is 0.0470 e. The van der Waals surface area contributed by atoms with Crippen molar-refractivity contribution >= 4 is 0 Å². The number of benzene rings is 1. The van der Waals surface area contributed by atoms with Crippen LogP contribution in [0.2, 0.25) is 0 Å². The highest BCUT2D eigenvalue weighted by Gasteiger charge is 2.10. The van der Waals surface area contributed by atoms with E-state index < -0.39 is 0 Å². The van der Waals surface area contributed by atoms with Gasteiger partial charge in [-0.25, -0.2) is 0 Å². The minimum absolute atomic E-state index is 0.494. The summed E-state index contributed by atoms with van der Waals surface area (Å²) < 4.78 is 2.29. The van der Waals surface area contributed by atoms with Crippen LogP contribution in [0.5, 0.6) is 0 Å². The number of hydrogen-bond acceptors (Lipinski definition) is 1. The Morgan fingerprint density at radius 1 is 1.14 bits per heavy atom. The van der Waals surface area contributed by atoms with Crippen molar-refractivity contribution < 1.29 is 0 Å². The Kier molecular flexibility index (Phi) is 6.06. The van der Waals surface area contributed by atoms with Crippen LogP contribution in [0.4, 0.5) is 0 Å². The van der Waals surface area contributed by atoms with Gasteiger partial charge in [-0.1, -0.05) is 50.1 Å². The fourth-order valence-electron chi connectivity index (χ4n) is 2.78. The Bertz CT molecular complexity index is 542. The number of hydrogen-bond donors (Lipinski definition) is 1. The predicted molar refractivity (Wildman–Crippen MR) is 90.7 cm³/mol. The van der Waals surface area contributed by atoms with Crippen LogP contribution in [-0.4, -0.2) is 11.1 Å². The zero-order valence-electron chi connectivity index (χ0n) is 13.6. The van der Waals surface area contributed by atoms with Gasteiger partial charge in [-0.05, 0) is 43.5 Å². The zero-order chi connectivity index (χ0) is 15.1. The van der Waals surface area contributed by atoms with Crippen LogP contribution < -0.4 is 5.32 Å². The lowest BCUT2D eigenvalue weighted by atomic mass is 10.1. The molecular weight excluding hydrogens is 256 g/mol. The predicted octanol–water partition coefficient (Wildman–Crippen LogP) is 4.69. The Labute approximate surface area is 129 Å².